The Morgan fingerprint density at radius 2 is 2.18 bits per heavy atom. The largest absolute Gasteiger partial charge is 0.462 e. The maximum absolute atomic E-state index is 12.3. The SMILES string of the molecule is CN(C)c1ccc([N+](=O)[O-])cc1C(=O)OCC1CC=CCC1. The van der Waals surface area contributed by atoms with Gasteiger partial charge < -0.3 is 9.64 Å². The summed E-state index contributed by atoms with van der Waals surface area (Å²) in [5.74, 6) is -0.183. The van der Waals surface area contributed by atoms with E-state index in [4.69, 9.17) is 4.74 Å². The third kappa shape index (κ3) is 3.84. The molecule has 0 N–H and O–H groups in total. The molecule has 6 heteroatoms. The minimum absolute atomic E-state index is 0.113. The van der Waals surface area contributed by atoms with Crippen LogP contribution in [-0.2, 0) is 4.74 Å². The molecule has 0 amide bonds. The molecule has 0 heterocycles. The fourth-order valence-electron chi connectivity index (χ4n) is 2.47. The van der Waals surface area contributed by atoms with Crippen LogP contribution in [0.4, 0.5) is 11.4 Å². The lowest BCUT2D eigenvalue weighted by molar-refractivity contribution is -0.384. The fourth-order valence-corrected chi connectivity index (χ4v) is 2.47. The Kier molecular flexibility index (Phi) is 5.14. The van der Waals surface area contributed by atoms with Gasteiger partial charge in [-0.05, 0) is 31.2 Å². The second-order valence-corrected chi connectivity index (χ2v) is 5.60. The van der Waals surface area contributed by atoms with Crippen molar-refractivity contribution in [2.24, 2.45) is 5.92 Å². The molecule has 1 aliphatic carbocycles. The number of hydrogen-bond donors (Lipinski definition) is 0. The number of non-ortho nitro benzene ring substituents is 1. The van der Waals surface area contributed by atoms with Gasteiger partial charge in [-0.2, -0.15) is 0 Å². The maximum Gasteiger partial charge on any atom is 0.340 e. The summed E-state index contributed by atoms with van der Waals surface area (Å²) < 4.78 is 5.37. The topological polar surface area (TPSA) is 72.7 Å². The molecule has 1 unspecified atom stereocenters. The van der Waals surface area contributed by atoms with Crippen molar-refractivity contribution >= 4 is 17.3 Å². The van der Waals surface area contributed by atoms with Gasteiger partial charge in [0.05, 0.1) is 22.8 Å². The molecule has 118 valence electrons. The molecule has 0 fully saturated rings. The molecule has 0 saturated heterocycles. The first-order valence-corrected chi connectivity index (χ1v) is 7.27. The van der Waals surface area contributed by atoms with Crippen molar-refractivity contribution in [3.63, 3.8) is 0 Å². The minimum atomic E-state index is -0.512. The Bertz CT molecular complexity index is 596. The molecule has 0 bridgehead atoms. The molecule has 6 nitrogen and oxygen atoms in total. The van der Waals surface area contributed by atoms with Crippen LogP contribution in [0.5, 0.6) is 0 Å². The van der Waals surface area contributed by atoms with Gasteiger partial charge in [0, 0.05) is 26.2 Å². The number of ether oxygens (including phenoxy) is 1. The summed E-state index contributed by atoms with van der Waals surface area (Å²) in [5.41, 5.74) is 0.725. The van der Waals surface area contributed by atoms with Gasteiger partial charge in [-0.3, -0.25) is 10.1 Å². The predicted octanol–water partition coefficient (Wildman–Crippen LogP) is 3.17. The van der Waals surface area contributed by atoms with Gasteiger partial charge in [0.1, 0.15) is 0 Å². The molecule has 1 aromatic rings. The summed E-state index contributed by atoms with van der Waals surface area (Å²) in [6, 6.07) is 4.23. The molecule has 1 aliphatic rings. The van der Waals surface area contributed by atoms with E-state index in [1.807, 2.05) is 0 Å². The molecule has 0 saturated carbocycles. The first kappa shape index (κ1) is 16.0. The summed E-state index contributed by atoms with van der Waals surface area (Å²) in [5, 5.41) is 10.9. The highest BCUT2D eigenvalue weighted by Gasteiger charge is 2.20. The molecular weight excluding hydrogens is 284 g/mol. The van der Waals surface area contributed by atoms with Crippen LogP contribution in [0, 0.1) is 16.0 Å². The smallest absolute Gasteiger partial charge is 0.340 e. The Morgan fingerprint density at radius 1 is 1.41 bits per heavy atom. The highest BCUT2D eigenvalue weighted by atomic mass is 16.6. The highest BCUT2D eigenvalue weighted by Crippen LogP contribution is 2.26. The van der Waals surface area contributed by atoms with Gasteiger partial charge in [0.25, 0.3) is 5.69 Å². The molecule has 22 heavy (non-hydrogen) atoms. The lowest BCUT2D eigenvalue weighted by Crippen LogP contribution is -2.19. The summed E-state index contributed by atoms with van der Waals surface area (Å²) in [6.07, 6.45) is 7.13. The Balaban J connectivity index is 2.14. The van der Waals surface area contributed by atoms with Crippen molar-refractivity contribution < 1.29 is 14.5 Å². The number of benzene rings is 1. The van der Waals surface area contributed by atoms with E-state index in [0.29, 0.717) is 18.2 Å². The number of carbonyl (C=O) groups excluding carboxylic acids is 1. The number of hydrogen-bond acceptors (Lipinski definition) is 5. The summed E-state index contributed by atoms with van der Waals surface area (Å²) in [6.45, 7) is 0.346. The van der Waals surface area contributed by atoms with E-state index in [1.165, 1.54) is 12.1 Å². The van der Waals surface area contributed by atoms with E-state index in [2.05, 4.69) is 12.2 Å². The standard InChI is InChI=1S/C16H20N2O4/c1-17(2)15-9-8-13(18(20)21)10-14(15)16(19)22-11-12-6-4-3-5-7-12/h3-4,8-10,12H,5-7,11H2,1-2H3. The van der Waals surface area contributed by atoms with E-state index >= 15 is 0 Å². The van der Waals surface area contributed by atoms with Crippen molar-refractivity contribution in [1.82, 2.24) is 0 Å². The second-order valence-electron chi connectivity index (χ2n) is 5.60. The van der Waals surface area contributed by atoms with Crippen LogP contribution >= 0.6 is 0 Å². The molecule has 0 aliphatic heterocycles. The van der Waals surface area contributed by atoms with Crippen molar-refractivity contribution in [3.8, 4) is 0 Å². The first-order valence-electron chi connectivity index (χ1n) is 7.27. The molecule has 0 radical (unpaired) electrons. The van der Waals surface area contributed by atoms with Gasteiger partial charge in [-0.1, -0.05) is 12.2 Å². The monoisotopic (exact) mass is 304 g/mol. The van der Waals surface area contributed by atoms with Crippen LogP contribution in [0.15, 0.2) is 30.4 Å². The lowest BCUT2D eigenvalue weighted by atomic mass is 9.95. The normalized spacial score (nSPS) is 17.1. The Labute approximate surface area is 129 Å². The lowest BCUT2D eigenvalue weighted by Gasteiger charge is -2.19. The number of nitro benzene ring substituents is 1. The number of rotatable bonds is 5. The summed E-state index contributed by atoms with van der Waals surface area (Å²) in [7, 11) is 3.56. The number of carbonyl (C=O) groups is 1. The van der Waals surface area contributed by atoms with Gasteiger partial charge >= 0.3 is 5.97 Å². The Hall–Kier alpha value is -2.37. The number of esters is 1. The van der Waals surface area contributed by atoms with Crippen LogP contribution in [-0.4, -0.2) is 31.6 Å². The molecular formula is C16H20N2O4. The maximum atomic E-state index is 12.3. The first-order chi connectivity index (χ1) is 10.5. The van der Waals surface area contributed by atoms with Gasteiger partial charge in [-0.15, -0.1) is 0 Å². The zero-order valence-electron chi connectivity index (χ0n) is 12.8. The molecule has 0 spiro atoms. The average Bonchev–Trinajstić information content (AvgIpc) is 2.52. The van der Waals surface area contributed by atoms with E-state index in [9.17, 15) is 14.9 Å². The van der Waals surface area contributed by atoms with Crippen LogP contribution in [0.1, 0.15) is 29.6 Å². The molecule has 2 rings (SSSR count). The zero-order chi connectivity index (χ0) is 16.1. The third-order valence-corrected chi connectivity index (χ3v) is 3.72. The average molecular weight is 304 g/mol. The van der Waals surface area contributed by atoms with Crippen molar-refractivity contribution in [2.45, 2.75) is 19.3 Å². The van der Waals surface area contributed by atoms with Crippen LogP contribution in [0.2, 0.25) is 0 Å². The van der Waals surface area contributed by atoms with Gasteiger partial charge in [0.2, 0.25) is 0 Å². The quantitative estimate of drug-likeness (QED) is 0.361. The van der Waals surface area contributed by atoms with E-state index in [1.54, 1.807) is 25.1 Å². The fraction of sp³-hybridized carbons (Fsp3) is 0.438. The van der Waals surface area contributed by atoms with Crippen molar-refractivity contribution in [3.05, 3.63) is 46.0 Å². The van der Waals surface area contributed by atoms with E-state index in [-0.39, 0.29) is 11.3 Å². The number of nitro groups is 1. The van der Waals surface area contributed by atoms with E-state index < -0.39 is 10.9 Å². The number of anilines is 1. The van der Waals surface area contributed by atoms with Crippen molar-refractivity contribution in [2.75, 3.05) is 25.6 Å². The highest BCUT2D eigenvalue weighted by molar-refractivity contribution is 5.96. The van der Waals surface area contributed by atoms with E-state index in [0.717, 1.165) is 19.3 Å². The Morgan fingerprint density at radius 3 is 2.77 bits per heavy atom. The van der Waals surface area contributed by atoms with Crippen molar-refractivity contribution in [1.29, 1.82) is 0 Å². The zero-order valence-corrected chi connectivity index (χ0v) is 12.8. The van der Waals surface area contributed by atoms with Gasteiger partial charge in [-0.25, -0.2) is 4.79 Å². The third-order valence-electron chi connectivity index (χ3n) is 3.72. The summed E-state index contributed by atoms with van der Waals surface area (Å²) >= 11 is 0. The van der Waals surface area contributed by atoms with Crippen LogP contribution in [0.3, 0.4) is 0 Å². The summed E-state index contributed by atoms with van der Waals surface area (Å²) in [4.78, 5) is 24.4. The number of allylic oxidation sites excluding steroid dienone is 2. The predicted molar refractivity (Wildman–Crippen MR) is 84.2 cm³/mol. The van der Waals surface area contributed by atoms with Crippen LogP contribution < -0.4 is 4.90 Å². The van der Waals surface area contributed by atoms with Gasteiger partial charge in [0.15, 0.2) is 0 Å². The second kappa shape index (κ2) is 7.06. The number of nitrogens with zero attached hydrogens (tertiary/aromatic N) is 2. The van der Waals surface area contributed by atoms with Crippen LogP contribution in [0.25, 0.3) is 0 Å². The minimum Gasteiger partial charge on any atom is -0.462 e. The molecule has 1 aromatic carbocycles. The molecule has 0 aromatic heterocycles. The molecule has 1 atom stereocenters.